The van der Waals surface area contributed by atoms with E-state index in [0.717, 1.165) is 25.3 Å². The number of rotatable bonds is 2. The first-order valence-corrected chi connectivity index (χ1v) is 6.10. The smallest absolute Gasteiger partial charge is 0.133 e. The molecule has 1 saturated carbocycles. The maximum Gasteiger partial charge on any atom is 0.133 e. The standard InChI is InChI=1S/C14H16F2O/c15-12-6-11(7-13(16)9-12)5-10-3-1-2-4-14(17)8-10/h6-7,9-10H,1-5,8H2. The van der Waals surface area contributed by atoms with Crippen molar-refractivity contribution in [1.82, 2.24) is 0 Å². The van der Waals surface area contributed by atoms with Crippen molar-refractivity contribution in [3.63, 3.8) is 0 Å². The van der Waals surface area contributed by atoms with Gasteiger partial charge in [0.05, 0.1) is 0 Å². The Bertz CT molecular complexity index is 394. The largest absolute Gasteiger partial charge is 0.300 e. The van der Waals surface area contributed by atoms with E-state index in [-0.39, 0.29) is 11.7 Å². The molecule has 3 heteroatoms. The minimum absolute atomic E-state index is 0.242. The van der Waals surface area contributed by atoms with Crippen LogP contribution in [0.1, 0.15) is 37.7 Å². The lowest BCUT2D eigenvalue weighted by Gasteiger charge is -2.13. The fraction of sp³-hybridized carbons (Fsp3) is 0.500. The summed E-state index contributed by atoms with van der Waals surface area (Å²) >= 11 is 0. The van der Waals surface area contributed by atoms with Gasteiger partial charge in [0.25, 0.3) is 0 Å². The lowest BCUT2D eigenvalue weighted by Crippen LogP contribution is -2.08. The summed E-state index contributed by atoms with van der Waals surface area (Å²) in [5.74, 6) is -0.560. The van der Waals surface area contributed by atoms with Crippen LogP contribution >= 0.6 is 0 Å². The summed E-state index contributed by atoms with van der Waals surface area (Å²) in [4.78, 5) is 11.5. The van der Waals surface area contributed by atoms with Gasteiger partial charge in [-0.1, -0.05) is 6.42 Å². The zero-order valence-electron chi connectivity index (χ0n) is 9.72. The molecule has 0 N–H and O–H groups in total. The molecular formula is C14H16F2O. The van der Waals surface area contributed by atoms with Crippen molar-refractivity contribution in [2.45, 2.75) is 38.5 Å². The summed E-state index contributed by atoms with van der Waals surface area (Å²) in [6.07, 6.45) is 4.78. The van der Waals surface area contributed by atoms with Gasteiger partial charge in [0.2, 0.25) is 0 Å². The number of hydrogen-bond acceptors (Lipinski definition) is 1. The number of ketones is 1. The summed E-state index contributed by atoms with van der Waals surface area (Å²) in [7, 11) is 0. The van der Waals surface area contributed by atoms with Crippen molar-refractivity contribution < 1.29 is 13.6 Å². The summed E-state index contributed by atoms with van der Waals surface area (Å²) in [6.45, 7) is 0. The van der Waals surface area contributed by atoms with Gasteiger partial charge in [-0.2, -0.15) is 0 Å². The van der Waals surface area contributed by atoms with Gasteiger partial charge >= 0.3 is 0 Å². The van der Waals surface area contributed by atoms with Crippen molar-refractivity contribution in [3.05, 3.63) is 35.4 Å². The second-order valence-electron chi connectivity index (χ2n) is 4.84. The van der Waals surface area contributed by atoms with Gasteiger partial charge in [0.1, 0.15) is 17.4 Å². The van der Waals surface area contributed by atoms with E-state index < -0.39 is 11.6 Å². The molecule has 2 rings (SSSR count). The summed E-state index contributed by atoms with van der Waals surface area (Å²) < 4.78 is 26.1. The van der Waals surface area contributed by atoms with Crippen LogP contribution in [0, 0.1) is 17.6 Å². The molecule has 0 aliphatic heterocycles. The molecule has 1 atom stereocenters. The van der Waals surface area contributed by atoms with Gasteiger partial charge in [-0.3, -0.25) is 4.79 Å². The molecule has 0 saturated heterocycles. The Balaban J connectivity index is 2.06. The first kappa shape index (κ1) is 12.2. The second kappa shape index (κ2) is 5.39. The first-order valence-electron chi connectivity index (χ1n) is 6.10. The van der Waals surface area contributed by atoms with Gasteiger partial charge in [0.15, 0.2) is 0 Å². The van der Waals surface area contributed by atoms with Crippen LogP contribution in [0.5, 0.6) is 0 Å². The van der Waals surface area contributed by atoms with Gasteiger partial charge in [-0.05, 0) is 42.9 Å². The highest BCUT2D eigenvalue weighted by Gasteiger charge is 2.18. The van der Waals surface area contributed by atoms with Crippen molar-refractivity contribution >= 4 is 5.78 Å². The summed E-state index contributed by atoms with van der Waals surface area (Å²) in [5.41, 5.74) is 0.655. The third-order valence-electron chi connectivity index (χ3n) is 3.28. The molecule has 17 heavy (non-hydrogen) atoms. The SMILES string of the molecule is O=C1CCCCC(Cc2cc(F)cc(F)c2)C1. The molecule has 1 aliphatic rings. The Hall–Kier alpha value is -1.25. The number of halogens is 2. The van der Waals surface area contributed by atoms with Gasteiger partial charge < -0.3 is 0 Å². The maximum absolute atomic E-state index is 13.0. The molecule has 1 aliphatic carbocycles. The molecular weight excluding hydrogens is 222 g/mol. The normalized spacial score (nSPS) is 21.3. The van der Waals surface area contributed by atoms with Crippen molar-refractivity contribution in [2.75, 3.05) is 0 Å². The van der Waals surface area contributed by atoms with Crippen LogP contribution < -0.4 is 0 Å². The summed E-state index contributed by atoms with van der Waals surface area (Å²) in [5, 5.41) is 0. The topological polar surface area (TPSA) is 17.1 Å². The number of carbonyl (C=O) groups is 1. The van der Waals surface area contributed by atoms with E-state index >= 15 is 0 Å². The molecule has 1 aromatic rings. The van der Waals surface area contributed by atoms with Crippen LogP contribution in [0.15, 0.2) is 18.2 Å². The van der Waals surface area contributed by atoms with Crippen LogP contribution in [0.2, 0.25) is 0 Å². The van der Waals surface area contributed by atoms with Crippen LogP contribution in [-0.2, 0) is 11.2 Å². The average Bonchev–Trinajstić information content (AvgIpc) is 2.41. The minimum atomic E-state index is -0.542. The second-order valence-corrected chi connectivity index (χ2v) is 4.84. The van der Waals surface area contributed by atoms with Crippen LogP contribution in [0.3, 0.4) is 0 Å². The van der Waals surface area contributed by atoms with E-state index in [1.807, 2.05) is 0 Å². The van der Waals surface area contributed by atoms with Crippen molar-refractivity contribution in [3.8, 4) is 0 Å². The van der Waals surface area contributed by atoms with E-state index in [2.05, 4.69) is 0 Å². The van der Waals surface area contributed by atoms with Gasteiger partial charge in [0, 0.05) is 18.9 Å². The number of Topliss-reactive ketones (excluding diaryl/α,β-unsaturated/α-hetero) is 1. The molecule has 0 heterocycles. The van der Waals surface area contributed by atoms with Crippen LogP contribution in [0.25, 0.3) is 0 Å². The lowest BCUT2D eigenvalue weighted by molar-refractivity contribution is -0.119. The Kier molecular flexibility index (Phi) is 3.87. The number of carbonyl (C=O) groups excluding carboxylic acids is 1. The molecule has 1 unspecified atom stereocenters. The Labute approximate surface area is 99.8 Å². The molecule has 0 bridgehead atoms. The van der Waals surface area contributed by atoms with E-state index in [1.54, 1.807) is 0 Å². The zero-order valence-corrected chi connectivity index (χ0v) is 9.72. The molecule has 1 nitrogen and oxygen atoms in total. The van der Waals surface area contributed by atoms with Crippen LogP contribution in [0.4, 0.5) is 8.78 Å². The molecule has 1 fully saturated rings. The third-order valence-corrected chi connectivity index (χ3v) is 3.28. The first-order chi connectivity index (χ1) is 8.13. The highest BCUT2D eigenvalue weighted by molar-refractivity contribution is 5.78. The van der Waals surface area contributed by atoms with Crippen molar-refractivity contribution in [2.24, 2.45) is 5.92 Å². The zero-order chi connectivity index (χ0) is 12.3. The number of benzene rings is 1. The molecule has 92 valence electrons. The Morgan fingerprint density at radius 3 is 2.53 bits per heavy atom. The number of hydrogen-bond donors (Lipinski definition) is 0. The summed E-state index contributed by atoms with van der Waals surface area (Å²) in [6, 6.07) is 3.60. The maximum atomic E-state index is 13.0. The fourth-order valence-electron chi connectivity index (χ4n) is 2.52. The Morgan fingerprint density at radius 1 is 1.12 bits per heavy atom. The van der Waals surface area contributed by atoms with Crippen molar-refractivity contribution in [1.29, 1.82) is 0 Å². The third kappa shape index (κ3) is 3.62. The van der Waals surface area contributed by atoms with Gasteiger partial charge in [-0.15, -0.1) is 0 Å². The van der Waals surface area contributed by atoms with E-state index in [1.165, 1.54) is 12.1 Å². The van der Waals surface area contributed by atoms with Gasteiger partial charge in [-0.25, -0.2) is 8.78 Å². The highest BCUT2D eigenvalue weighted by atomic mass is 19.1. The van der Waals surface area contributed by atoms with E-state index in [9.17, 15) is 13.6 Å². The predicted octanol–water partition coefficient (Wildman–Crippen LogP) is 3.66. The lowest BCUT2D eigenvalue weighted by atomic mass is 9.92. The predicted molar refractivity (Wildman–Crippen MR) is 61.6 cm³/mol. The molecule has 0 spiro atoms. The quantitative estimate of drug-likeness (QED) is 0.719. The van der Waals surface area contributed by atoms with E-state index in [0.29, 0.717) is 24.8 Å². The molecule has 1 aromatic carbocycles. The molecule has 0 amide bonds. The fourth-order valence-corrected chi connectivity index (χ4v) is 2.52. The average molecular weight is 238 g/mol. The molecule has 0 aromatic heterocycles. The molecule has 0 radical (unpaired) electrons. The van der Waals surface area contributed by atoms with E-state index in [4.69, 9.17) is 0 Å². The van der Waals surface area contributed by atoms with Crippen LogP contribution in [-0.4, -0.2) is 5.78 Å². The Morgan fingerprint density at radius 2 is 1.82 bits per heavy atom. The minimum Gasteiger partial charge on any atom is -0.300 e. The highest BCUT2D eigenvalue weighted by Crippen LogP contribution is 2.24. The monoisotopic (exact) mass is 238 g/mol.